The van der Waals surface area contributed by atoms with Gasteiger partial charge < -0.3 is 10.5 Å². The summed E-state index contributed by atoms with van der Waals surface area (Å²) < 4.78 is 7.67. The maximum Gasteiger partial charge on any atom is 0.340 e. The van der Waals surface area contributed by atoms with E-state index in [0.717, 1.165) is 0 Å². The maximum absolute atomic E-state index is 7.35. The molecule has 0 aliphatic heterocycles. The highest BCUT2D eigenvalue weighted by Crippen LogP contribution is 2.25. The highest BCUT2D eigenvalue weighted by Gasteiger charge is 2.07. The molecule has 1 aromatic carbocycles. The van der Waals surface area contributed by atoms with Crippen LogP contribution in [0.25, 0.3) is 0 Å². The van der Waals surface area contributed by atoms with Crippen LogP contribution in [0.4, 0.5) is 0 Å². The number of aryl methyl sites for hydroxylation is 1. The fourth-order valence-electron chi connectivity index (χ4n) is 1.25. The van der Waals surface area contributed by atoms with Crippen molar-refractivity contribution in [1.29, 1.82) is 5.41 Å². The molecule has 0 spiro atoms. The van der Waals surface area contributed by atoms with E-state index < -0.39 is 0 Å². The summed E-state index contributed by atoms with van der Waals surface area (Å²) in [5.74, 6) is 0.576. The van der Waals surface area contributed by atoms with Crippen LogP contribution in [0.1, 0.15) is 5.56 Å². The van der Waals surface area contributed by atoms with Crippen molar-refractivity contribution >= 4 is 21.8 Å². The SMILES string of the molecule is Cn1cnc(Oc2ccc(C(=N)N)c(Br)c2)n1. The summed E-state index contributed by atoms with van der Waals surface area (Å²) in [5, 5.41) is 11.3. The van der Waals surface area contributed by atoms with E-state index in [1.54, 1.807) is 36.3 Å². The van der Waals surface area contributed by atoms with Gasteiger partial charge in [0, 0.05) is 17.1 Å². The second-order valence-corrected chi connectivity index (χ2v) is 4.21. The number of benzene rings is 1. The number of nitrogens with zero attached hydrogens (tertiary/aromatic N) is 3. The van der Waals surface area contributed by atoms with E-state index in [1.807, 2.05) is 0 Å². The topological polar surface area (TPSA) is 89.8 Å². The fraction of sp³-hybridized carbons (Fsp3) is 0.100. The molecular weight excluding hydrogens is 286 g/mol. The van der Waals surface area contributed by atoms with Crippen LogP contribution in [0.2, 0.25) is 0 Å². The average molecular weight is 296 g/mol. The molecule has 0 saturated carbocycles. The standard InChI is InChI=1S/C10H10BrN5O/c1-16-5-14-10(15-16)17-6-2-3-7(9(12)13)8(11)4-6/h2-5H,1H3,(H3,12,13). The van der Waals surface area contributed by atoms with Gasteiger partial charge in [-0.2, -0.15) is 4.98 Å². The Morgan fingerprint density at radius 3 is 2.82 bits per heavy atom. The Bertz CT molecular complexity index is 566. The van der Waals surface area contributed by atoms with E-state index in [0.29, 0.717) is 15.8 Å². The fourth-order valence-corrected chi connectivity index (χ4v) is 1.82. The summed E-state index contributed by atoms with van der Waals surface area (Å²) in [7, 11) is 1.76. The zero-order valence-corrected chi connectivity index (χ0v) is 10.6. The van der Waals surface area contributed by atoms with Gasteiger partial charge in [0.15, 0.2) is 0 Å². The summed E-state index contributed by atoms with van der Waals surface area (Å²) in [6.45, 7) is 0. The maximum atomic E-state index is 7.35. The molecule has 0 fully saturated rings. The Balaban J connectivity index is 2.23. The van der Waals surface area contributed by atoms with Crippen molar-refractivity contribution in [1.82, 2.24) is 14.8 Å². The number of rotatable bonds is 3. The average Bonchev–Trinajstić information content (AvgIpc) is 2.63. The van der Waals surface area contributed by atoms with Crippen LogP contribution in [0, 0.1) is 5.41 Å². The van der Waals surface area contributed by atoms with Gasteiger partial charge in [-0.3, -0.25) is 10.1 Å². The van der Waals surface area contributed by atoms with Gasteiger partial charge >= 0.3 is 6.01 Å². The third-order valence-electron chi connectivity index (χ3n) is 2.02. The van der Waals surface area contributed by atoms with E-state index in [-0.39, 0.29) is 11.8 Å². The molecule has 1 aromatic heterocycles. The van der Waals surface area contributed by atoms with Gasteiger partial charge in [-0.15, -0.1) is 5.10 Å². The zero-order chi connectivity index (χ0) is 12.4. The third-order valence-corrected chi connectivity index (χ3v) is 2.67. The number of nitrogens with two attached hydrogens (primary N) is 1. The van der Waals surface area contributed by atoms with Crippen LogP contribution in [-0.4, -0.2) is 20.6 Å². The molecule has 2 rings (SSSR count). The molecule has 0 amide bonds. The lowest BCUT2D eigenvalue weighted by Gasteiger charge is -2.05. The van der Waals surface area contributed by atoms with Crippen molar-refractivity contribution in [3.05, 3.63) is 34.6 Å². The minimum atomic E-state index is -0.000568. The molecule has 0 saturated heterocycles. The summed E-state index contributed by atoms with van der Waals surface area (Å²) in [5.41, 5.74) is 6.02. The number of amidine groups is 1. The molecule has 7 heteroatoms. The van der Waals surface area contributed by atoms with Gasteiger partial charge in [0.1, 0.15) is 17.9 Å². The Labute approximate surface area is 106 Å². The van der Waals surface area contributed by atoms with Crippen LogP contribution >= 0.6 is 15.9 Å². The molecule has 0 aliphatic rings. The van der Waals surface area contributed by atoms with E-state index >= 15 is 0 Å². The van der Waals surface area contributed by atoms with Crippen LogP contribution in [0.5, 0.6) is 11.8 Å². The zero-order valence-electron chi connectivity index (χ0n) is 9.01. The molecule has 2 aromatic rings. The predicted octanol–water partition coefficient (Wildman–Crippen LogP) is 1.65. The molecule has 0 radical (unpaired) electrons. The first kappa shape index (κ1) is 11.6. The number of nitrogens with one attached hydrogen (secondary N) is 1. The number of hydrogen-bond acceptors (Lipinski definition) is 4. The molecule has 0 aliphatic carbocycles. The first-order valence-corrected chi connectivity index (χ1v) is 5.53. The van der Waals surface area contributed by atoms with Crippen molar-refractivity contribution in [2.24, 2.45) is 12.8 Å². The Hall–Kier alpha value is -1.89. The second kappa shape index (κ2) is 4.54. The normalized spacial score (nSPS) is 10.2. The summed E-state index contributed by atoms with van der Waals surface area (Å²) >= 11 is 3.32. The van der Waals surface area contributed by atoms with E-state index in [2.05, 4.69) is 26.0 Å². The molecular formula is C10H10BrN5O. The highest BCUT2D eigenvalue weighted by atomic mass is 79.9. The molecule has 0 atom stereocenters. The van der Waals surface area contributed by atoms with Gasteiger partial charge in [-0.05, 0) is 34.1 Å². The first-order valence-electron chi connectivity index (χ1n) is 4.73. The third kappa shape index (κ3) is 2.62. The van der Waals surface area contributed by atoms with Crippen molar-refractivity contribution in [3.63, 3.8) is 0 Å². The molecule has 6 nitrogen and oxygen atoms in total. The van der Waals surface area contributed by atoms with Crippen molar-refractivity contribution in [2.75, 3.05) is 0 Å². The van der Waals surface area contributed by atoms with Crippen molar-refractivity contribution in [3.8, 4) is 11.8 Å². The number of ether oxygens (including phenoxy) is 1. The Morgan fingerprint density at radius 2 is 2.29 bits per heavy atom. The smallest absolute Gasteiger partial charge is 0.340 e. The number of hydrogen-bond donors (Lipinski definition) is 2. The lowest BCUT2D eigenvalue weighted by atomic mass is 10.2. The van der Waals surface area contributed by atoms with Crippen LogP contribution in [0.15, 0.2) is 29.0 Å². The van der Waals surface area contributed by atoms with Gasteiger partial charge in [0.05, 0.1) is 0 Å². The first-order chi connectivity index (χ1) is 8.06. The van der Waals surface area contributed by atoms with Crippen molar-refractivity contribution < 1.29 is 4.74 Å². The molecule has 0 bridgehead atoms. The second-order valence-electron chi connectivity index (χ2n) is 3.36. The lowest BCUT2D eigenvalue weighted by Crippen LogP contribution is -2.11. The van der Waals surface area contributed by atoms with E-state index in [1.165, 1.54) is 0 Å². The Morgan fingerprint density at radius 1 is 1.53 bits per heavy atom. The molecule has 88 valence electrons. The largest absolute Gasteiger partial charge is 0.423 e. The Kier molecular flexibility index (Phi) is 3.10. The number of halogens is 1. The van der Waals surface area contributed by atoms with Crippen LogP contribution in [0.3, 0.4) is 0 Å². The molecule has 3 N–H and O–H groups in total. The number of aromatic nitrogens is 3. The van der Waals surface area contributed by atoms with E-state index in [9.17, 15) is 0 Å². The van der Waals surface area contributed by atoms with Crippen molar-refractivity contribution in [2.45, 2.75) is 0 Å². The minimum Gasteiger partial charge on any atom is -0.423 e. The van der Waals surface area contributed by atoms with E-state index in [4.69, 9.17) is 15.9 Å². The van der Waals surface area contributed by atoms with Gasteiger partial charge in [0.2, 0.25) is 0 Å². The quantitative estimate of drug-likeness (QED) is 0.665. The molecule has 0 unspecified atom stereocenters. The summed E-state index contributed by atoms with van der Waals surface area (Å²) in [6, 6.07) is 5.39. The van der Waals surface area contributed by atoms with Gasteiger partial charge in [-0.1, -0.05) is 0 Å². The van der Waals surface area contributed by atoms with Crippen LogP contribution in [-0.2, 0) is 7.05 Å². The number of nitrogen functional groups attached to an aromatic ring is 1. The minimum absolute atomic E-state index is 0.000568. The highest BCUT2D eigenvalue weighted by molar-refractivity contribution is 9.10. The van der Waals surface area contributed by atoms with Gasteiger partial charge in [0.25, 0.3) is 0 Å². The summed E-state index contributed by atoms with van der Waals surface area (Å²) in [6.07, 6.45) is 1.55. The summed E-state index contributed by atoms with van der Waals surface area (Å²) in [4.78, 5) is 3.95. The predicted molar refractivity (Wildman–Crippen MR) is 66.2 cm³/mol. The monoisotopic (exact) mass is 295 g/mol. The molecule has 17 heavy (non-hydrogen) atoms. The molecule has 1 heterocycles. The lowest BCUT2D eigenvalue weighted by molar-refractivity contribution is 0.438. The van der Waals surface area contributed by atoms with Crippen LogP contribution < -0.4 is 10.5 Å². The van der Waals surface area contributed by atoms with Gasteiger partial charge in [-0.25, -0.2) is 0 Å².